The summed E-state index contributed by atoms with van der Waals surface area (Å²) in [5.41, 5.74) is 0.896. The fourth-order valence-electron chi connectivity index (χ4n) is 0.638. The van der Waals surface area contributed by atoms with Crippen molar-refractivity contribution in [3.05, 3.63) is 36.7 Å². The third-order valence-electron chi connectivity index (χ3n) is 1.04. The molecule has 62 valence electrons. The molecule has 0 aromatic rings. The van der Waals surface area contributed by atoms with Crippen LogP contribution in [0.15, 0.2) is 36.7 Å². The first-order chi connectivity index (χ1) is 5.02. The SMILES string of the molecule is C=C(F)/C=C\C(=C)CC(C)Br. The Morgan fingerprint density at radius 1 is 1.55 bits per heavy atom. The zero-order valence-electron chi connectivity index (χ0n) is 6.61. The summed E-state index contributed by atoms with van der Waals surface area (Å²) in [6, 6.07) is 0. The van der Waals surface area contributed by atoms with E-state index >= 15 is 0 Å². The second-order valence-corrected chi connectivity index (χ2v) is 3.99. The Balaban J connectivity index is 3.78. The highest BCUT2D eigenvalue weighted by molar-refractivity contribution is 9.09. The van der Waals surface area contributed by atoms with Crippen molar-refractivity contribution in [3.63, 3.8) is 0 Å². The molecule has 11 heavy (non-hydrogen) atoms. The number of halogens is 2. The molecule has 0 rings (SSSR count). The first-order valence-corrected chi connectivity index (χ1v) is 4.28. The van der Waals surface area contributed by atoms with Crippen LogP contribution in [-0.2, 0) is 0 Å². The number of allylic oxidation sites excluding steroid dienone is 4. The molecule has 0 bridgehead atoms. The quantitative estimate of drug-likeness (QED) is 0.498. The molecule has 0 spiro atoms. The van der Waals surface area contributed by atoms with Crippen molar-refractivity contribution in [2.45, 2.75) is 18.2 Å². The Morgan fingerprint density at radius 3 is 2.45 bits per heavy atom. The highest BCUT2D eigenvalue weighted by atomic mass is 79.9. The molecule has 0 aromatic heterocycles. The van der Waals surface area contributed by atoms with E-state index in [-0.39, 0.29) is 0 Å². The Bertz CT molecular complexity index is 180. The van der Waals surface area contributed by atoms with E-state index in [1.165, 1.54) is 6.08 Å². The second kappa shape index (κ2) is 5.30. The van der Waals surface area contributed by atoms with E-state index in [1.807, 2.05) is 6.92 Å². The Morgan fingerprint density at radius 2 is 2.09 bits per heavy atom. The van der Waals surface area contributed by atoms with Crippen molar-refractivity contribution in [2.24, 2.45) is 0 Å². The molecular formula is C9H12BrF. The number of hydrogen-bond donors (Lipinski definition) is 0. The van der Waals surface area contributed by atoms with Crippen LogP contribution in [0.4, 0.5) is 4.39 Å². The number of rotatable bonds is 4. The van der Waals surface area contributed by atoms with Gasteiger partial charge in [-0.3, -0.25) is 0 Å². The lowest BCUT2D eigenvalue weighted by atomic mass is 10.1. The summed E-state index contributed by atoms with van der Waals surface area (Å²) in [5.74, 6) is -0.437. The van der Waals surface area contributed by atoms with Crippen LogP contribution in [0.5, 0.6) is 0 Å². The van der Waals surface area contributed by atoms with Gasteiger partial charge in [0.1, 0.15) is 5.83 Å². The maximum absolute atomic E-state index is 12.1. The zero-order valence-corrected chi connectivity index (χ0v) is 8.20. The highest BCUT2D eigenvalue weighted by Gasteiger charge is 1.95. The predicted octanol–water partition coefficient (Wildman–Crippen LogP) is 3.76. The number of alkyl halides is 1. The molecule has 0 fully saturated rings. The topological polar surface area (TPSA) is 0 Å². The maximum atomic E-state index is 12.1. The zero-order chi connectivity index (χ0) is 8.85. The van der Waals surface area contributed by atoms with Gasteiger partial charge in [-0.15, -0.1) is 0 Å². The number of hydrogen-bond acceptors (Lipinski definition) is 0. The van der Waals surface area contributed by atoms with Crippen LogP contribution < -0.4 is 0 Å². The van der Waals surface area contributed by atoms with Crippen molar-refractivity contribution in [1.29, 1.82) is 0 Å². The summed E-state index contributed by atoms with van der Waals surface area (Å²) < 4.78 is 12.1. The lowest BCUT2D eigenvalue weighted by molar-refractivity contribution is 0.671. The normalized spacial score (nSPS) is 13.4. The van der Waals surface area contributed by atoms with E-state index in [1.54, 1.807) is 6.08 Å². The molecule has 0 heterocycles. The molecule has 1 atom stereocenters. The molecular weight excluding hydrogens is 207 g/mol. The van der Waals surface area contributed by atoms with Crippen LogP contribution >= 0.6 is 15.9 Å². The van der Waals surface area contributed by atoms with Crippen LogP contribution in [0, 0.1) is 0 Å². The lowest BCUT2D eigenvalue weighted by Gasteiger charge is -2.00. The summed E-state index contributed by atoms with van der Waals surface area (Å²) >= 11 is 3.37. The third kappa shape index (κ3) is 7.53. The van der Waals surface area contributed by atoms with E-state index in [2.05, 4.69) is 29.1 Å². The first-order valence-electron chi connectivity index (χ1n) is 3.36. The molecule has 0 saturated heterocycles. The fourth-order valence-corrected chi connectivity index (χ4v) is 1.05. The Labute approximate surface area is 75.6 Å². The van der Waals surface area contributed by atoms with Gasteiger partial charge in [0.15, 0.2) is 0 Å². The lowest BCUT2D eigenvalue weighted by Crippen LogP contribution is -1.89. The Kier molecular flexibility index (Phi) is 5.12. The molecule has 0 aliphatic carbocycles. The molecule has 0 aliphatic heterocycles. The molecule has 0 nitrogen and oxygen atoms in total. The second-order valence-electron chi connectivity index (χ2n) is 2.42. The minimum atomic E-state index is -0.437. The van der Waals surface area contributed by atoms with Gasteiger partial charge in [-0.05, 0) is 12.5 Å². The molecule has 0 aliphatic rings. The fraction of sp³-hybridized carbons (Fsp3) is 0.333. The van der Waals surface area contributed by atoms with Gasteiger partial charge >= 0.3 is 0 Å². The molecule has 0 amide bonds. The summed E-state index contributed by atoms with van der Waals surface area (Å²) in [6.45, 7) is 8.86. The predicted molar refractivity (Wildman–Crippen MR) is 51.5 cm³/mol. The average Bonchev–Trinajstić information content (AvgIpc) is 1.82. The molecule has 0 N–H and O–H groups in total. The van der Waals surface area contributed by atoms with Crippen LogP contribution in [0.3, 0.4) is 0 Å². The van der Waals surface area contributed by atoms with Crippen LogP contribution in [-0.4, -0.2) is 4.83 Å². The van der Waals surface area contributed by atoms with Crippen molar-refractivity contribution in [2.75, 3.05) is 0 Å². The van der Waals surface area contributed by atoms with Gasteiger partial charge in [0.05, 0.1) is 0 Å². The van der Waals surface area contributed by atoms with Crippen LogP contribution in [0.1, 0.15) is 13.3 Å². The van der Waals surface area contributed by atoms with E-state index in [9.17, 15) is 4.39 Å². The van der Waals surface area contributed by atoms with Crippen molar-refractivity contribution >= 4 is 15.9 Å². The summed E-state index contributed by atoms with van der Waals surface area (Å²) in [6.07, 6.45) is 3.78. The van der Waals surface area contributed by atoms with Crippen LogP contribution in [0.25, 0.3) is 0 Å². The standard InChI is InChI=1S/C9H12BrF/c1-7(6-8(2)10)4-5-9(3)11/h4-5,8H,1,3,6H2,2H3/b5-4-. The summed E-state index contributed by atoms with van der Waals surface area (Å²) in [5, 5.41) is 0. The first kappa shape index (κ1) is 10.6. The third-order valence-corrected chi connectivity index (χ3v) is 1.37. The maximum Gasteiger partial charge on any atom is 0.116 e. The van der Waals surface area contributed by atoms with Crippen molar-refractivity contribution in [3.8, 4) is 0 Å². The largest absolute Gasteiger partial charge is 0.208 e. The van der Waals surface area contributed by atoms with Gasteiger partial charge in [0.2, 0.25) is 0 Å². The molecule has 0 radical (unpaired) electrons. The Hall–Kier alpha value is -0.370. The summed E-state index contributed by atoms with van der Waals surface area (Å²) in [7, 11) is 0. The highest BCUT2D eigenvalue weighted by Crippen LogP contribution is 2.12. The smallest absolute Gasteiger partial charge is 0.116 e. The monoisotopic (exact) mass is 218 g/mol. The van der Waals surface area contributed by atoms with Gasteiger partial charge in [0.25, 0.3) is 0 Å². The van der Waals surface area contributed by atoms with Gasteiger partial charge in [-0.1, -0.05) is 47.7 Å². The minimum absolute atomic E-state index is 0.382. The van der Waals surface area contributed by atoms with E-state index in [4.69, 9.17) is 0 Å². The van der Waals surface area contributed by atoms with Gasteiger partial charge < -0.3 is 0 Å². The van der Waals surface area contributed by atoms with Crippen molar-refractivity contribution < 1.29 is 4.39 Å². The average molecular weight is 219 g/mol. The van der Waals surface area contributed by atoms with Gasteiger partial charge in [-0.25, -0.2) is 4.39 Å². The van der Waals surface area contributed by atoms with E-state index in [0.717, 1.165) is 12.0 Å². The molecule has 0 aromatic carbocycles. The molecule has 0 saturated carbocycles. The van der Waals surface area contributed by atoms with Gasteiger partial charge in [0, 0.05) is 4.83 Å². The molecule has 1 unspecified atom stereocenters. The van der Waals surface area contributed by atoms with E-state index in [0.29, 0.717) is 4.83 Å². The van der Waals surface area contributed by atoms with Crippen molar-refractivity contribution in [1.82, 2.24) is 0 Å². The van der Waals surface area contributed by atoms with Crippen LogP contribution in [0.2, 0.25) is 0 Å². The molecule has 2 heteroatoms. The van der Waals surface area contributed by atoms with E-state index < -0.39 is 5.83 Å². The summed E-state index contributed by atoms with van der Waals surface area (Å²) in [4.78, 5) is 0.382. The minimum Gasteiger partial charge on any atom is -0.208 e. The van der Waals surface area contributed by atoms with Gasteiger partial charge in [-0.2, -0.15) is 0 Å².